The number of H-pyrrole nitrogens is 1. The van der Waals surface area contributed by atoms with Gasteiger partial charge in [0.2, 0.25) is 17.5 Å². The molecule has 1 unspecified atom stereocenters. The van der Waals surface area contributed by atoms with Gasteiger partial charge in [0.25, 0.3) is 0 Å². The number of nitrogens with zero attached hydrogens (tertiary/aromatic N) is 3. The second kappa shape index (κ2) is 15.1. The van der Waals surface area contributed by atoms with Crippen LogP contribution in [-0.4, -0.2) is 85.8 Å². The van der Waals surface area contributed by atoms with Crippen LogP contribution in [0.3, 0.4) is 0 Å². The van der Waals surface area contributed by atoms with Crippen LogP contribution in [0, 0.1) is 16.7 Å². The first-order valence-corrected chi connectivity index (χ1v) is 13.4. The van der Waals surface area contributed by atoms with E-state index in [2.05, 4.69) is 41.7 Å². The molecule has 3 N–H and O–H groups in total. The van der Waals surface area contributed by atoms with Gasteiger partial charge in [-0.2, -0.15) is 4.68 Å². The van der Waals surface area contributed by atoms with Gasteiger partial charge in [0.15, 0.2) is 6.20 Å². The van der Waals surface area contributed by atoms with Crippen LogP contribution in [-0.2, 0) is 36.9 Å². The number of amides is 4. The number of carbonyl (C=O) groups excluding carboxylic acids is 3. The molecule has 216 valence electrons. The van der Waals surface area contributed by atoms with Crippen molar-refractivity contribution >= 4 is 17.8 Å². The third-order valence-electron chi connectivity index (χ3n) is 6.15. The Labute approximate surface area is 226 Å². The molecule has 38 heavy (non-hydrogen) atoms. The minimum Gasteiger partial charge on any atom is -0.377 e. The lowest BCUT2D eigenvalue weighted by Crippen LogP contribution is -2.38. The van der Waals surface area contributed by atoms with Crippen molar-refractivity contribution in [2.45, 2.75) is 67.5 Å². The van der Waals surface area contributed by atoms with E-state index in [1.54, 1.807) is 10.9 Å². The molecular weight excluding hydrogens is 492 g/mol. The molecule has 12 heteroatoms. The molecule has 0 aromatic carbocycles. The summed E-state index contributed by atoms with van der Waals surface area (Å²) in [4.78, 5) is 37.9. The van der Waals surface area contributed by atoms with E-state index in [1.165, 1.54) is 4.90 Å². The second-order valence-corrected chi connectivity index (χ2v) is 11.8. The zero-order valence-corrected chi connectivity index (χ0v) is 23.9. The van der Waals surface area contributed by atoms with Crippen LogP contribution in [0.4, 0.5) is 4.79 Å². The molecule has 0 bridgehead atoms. The predicted octanol–water partition coefficient (Wildman–Crippen LogP) is 1.40. The average Bonchev–Trinajstić information content (AvgIpc) is 3.38. The summed E-state index contributed by atoms with van der Waals surface area (Å²) in [5.74, 6) is -0.567. The van der Waals surface area contributed by atoms with Crippen LogP contribution in [0.5, 0.6) is 0 Å². The number of imide groups is 1. The van der Waals surface area contributed by atoms with E-state index in [0.717, 1.165) is 6.42 Å². The van der Waals surface area contributed by atoms with E-state index in [0.29, 0.717) is 65.0 Å². The standard InChI is InChI=1S/C26H46N6O6/c1-25(2,3)7-8-27-24(35)28-9-11-36-13-15-38-16-14-37-12-10-31-18-20(29-30-31)19-32-22(33)17-21(23(32)34)26(4,5)6/h18,21H,7-17,19H2,1-6H3,(H2,27,28,35)/p+1. The smallest absolute Gasteiger partial charge is 0.314 e. The van der Waals surface area contributed by atoms with Gasteiger partial charge in [-0.1, -0.05) is 46.8 Å². The molecule has 0 radical (unpaired) electrons. The fourth-order valence-corrected chi connectivity index (χ4v) is 3.80. The molecule has 1 aromatic rings. The topological polar surface area (TPSA) is 139 Å². The number of carbonyl (C=O) groups is 3. The van der Waals surface area contributed by atoms with E-state index < -0.39 is 0 Å². The van der Waals surface area contributed by atoms with E-state index in [4.69, 9.17) is 14.2 Å². The maximum Gasteiger partial charge on any atom is 0.314 e. The molecule has 0 saturated carbocycles. The van der Waals surface area contributed by atoms with Crippen molar-refractivity contribution in [2.75, 3.05) is 52.7 Å². The maximum absolute atomic E-state index is 12.6. The monoisotopic (exact) mass is 539 g/mol. The van der Waals surface area contributed by atoms with Crippen LogP contribution >= 0.6 is 0 Å². The van der Waals surface area contributed by atoms with Crippen molar-refractivity contribution in [1.82, 2.24) is 25.8 Å². The number of urea groups is 1. The minimum atomic E-state index is -0.290. The number of hydrogen-bond acceptors (Lipinski definition) is 7. The number of aromatic amines is 1. The van der Waals surface area contributed by atoms with E-state index in [-0.39, 0.29) is 47.6 Å². The summed E-state index contributed by atoms with van der Waals surface area (Å²) < 4.78 is 18.3. The van der Waals surface area contributed by atoms with Gasteiger partial charge in [0.1, 0.15) is 13.1 Å². The Balaban J connectivity index is 1.45. The maximum atomic E-state index is 12.6. The number of rotatable bonds is 16. The highest BCUT2D eigenvalue weighted by atomic mass is 16.5. The Hall–Kier alpha value is -2.57. The normalized spacial score (nSPS) is 16.4. The highest BCUT2D eigenvalue weighted by Gasteiger charge is 2.45. The van der Waals surface area contributed by atoms with Crippen LogP contribution in [0.25, 0.3) is 0 Å². The average molecular weight is 540 g/mol. The van der Waals surface area contributed by atoms with Crippen molar-refractivity contribution < 1.29 is 33.3 Å². The van der Waals surface area contributed by atoms with Crippen LogP contribution in [0.2, 0.25) is 0 Å². The molecule has 0 aliphatic carbocycles. The molecule has 1 aromatic heterocycles. The van der Waals surface area contributed by atoms with Gasteiger partial charge in [-0.05, 0) is 17.3 Å². The lowest BCUT2D eigenvalue weighted by Gasteiger charge is -2.24. The van der Waals surface area contributed by atoms with Gasteiger partial charge in [-0.3, -0.25) is 14.5 Å². The highest BCUT2D eigenvalue weighted by Crippen LogP contribution is 2.35. The molecule has 12 nitrogen and oxygen atoms in total. The number of ether oxygens (including phenoxy) is 3. The predicted molar refractivity (Wildman–Crippen MR) is 140 cm³/mol. The zero-order valence-electron chi connectivity index (χ0n) is 23.9. The van der Waals surface area contributed by atoms with Crippen LogP contribution < -0.4 is 15.3 Å². The fraction of sp³-hybridized carbons (Fsp3) is 0.808. The quantitative estimate of drug-likeness (QED) is 0.164. The lowest BCUT2D eigenvalue weighted by atomic mass is 9.80. The minimum absolute atomic E-state index is 0.128. The van der Waals surface area contributed by atoms with Crippen molar-refractivity contribution in [3.63, 3.8) is 0 Å². The Morgan fingerprint density at radius 1 is 1.00 bits per heavy atom. The molecule has 1 saturated heterocycles. The summed E-state index contributed by atoms with van der Waals surface area (Å²) in [6.45, 7) is 16.8. The molecule has 2 rings (SSSR count). The third kappa shape index (κ3) is 11.9. The Morgan fingerprint density at radius 2 is 1.61 bits per heavy atom. The SMILES string of the molecule is CC(C)(C)CCNC(=O)NCCOCCOCCOCC[n+]1cc(CN2C(=O)CC(C(C)(C)C)C2=O)n[nH]1. The Kier molecular flexibility index (Phi) is 12.6. The second-order valence-electron chi connectivity index (χ2n) is 11.8. The van der Waals surface area contributed by atoms with Gasteiger partial charge >= 0.3 is 6.03 Å². The largest absolute Gasteiger partial charge is 0.377 e. The number of likely N-dealkylation sites (tertiary alicyclic amines) is 1. The summed E-state index contributed by atoms with van der Waals surface area (Å²) in [6, 6.07) is -0.179. The van der Waals surface area contributed by atoms with Gasteiger partial charge < -0.3 is 24.8 Å². The summed E-state index contributed by atoms with van der Waals surface area (Å²) in [5, 5.41) is 12.7. The van der Waals surface area contributed by atoms with Crippen LogP contribution in [0.1, 0.15) is 60.1 Å². The Bertz CT molecular complexity index is 892. The van der Waals surface area contributed by atoms with Crippen LogP contribution in [0.15, 0.2) is 6.20 Å². The first kappa shape index (κ1) is 31.6. The van der Waals surface area contributed by atoms with Crippen molar-refractivity contribution in [2.24, 2.45) is 16.7 Å². The number of aromatic nitrogens is 3. The first-order chi connectivity index (χ1) is 17.9. The van der Waals surface area contributed by atoms with Crippen molar-refractivity contribution in [1.29, 1.82) is 0 Å². The lowest BCUT2D eigenvalue weighted by molar-refractivity contribution is -0.754. The van der Waals surface area contributed by atoms with E-state index in [9.17, 15) is 14.4 Å². The van der Waals surface area contributed by atoms with E-state index >= 15 is 0 Å². The molecule has 1 aliphatic heterocycles. The van der Waals surface area contributed by atoms with Gasteiger partial charge in [0.05, 0.1) is 45.6 Å². The van der Waals surface area contributed by atoms with Gasteiger partial charge in [-0.15, -0.1) is 0 Å². The molecule has 1 atom stereocenters. The van der Waals surface area contributed by atoms with Gasteiger partial charge in [-0.25, -0.2) is 4.79 Å². The molecule has 1 fully saturated rings. The summed E-state index contributed by atoms with van der Waals surface area (Å²) in [5.41, 5.74) is 0.575. The fourth-order valence-electron chi connectivity index (χ4n) is 3.80. The molecule has 1 aliphatic rings. The molecule has 4 amide bonds. The highest BCUT2D eigenvalue weighted by molar-refractivity contribution is 6.03. The summed E-state index contributed by atoms with van der Waals surface area (Å²) >= 11 is 0. The van der Waals surface area contributed by atoms with E-state index in [1.807, 2.05) is 20.8 Å². The van der Waals surface area contributed by atoms with Gasteiger partial charge in [0, 0.05) is 24.6 Å². The number of nitrogens with one attached hydrogen (secondary N) is 3. The summed E-state index contributed by atoms with van der Waals surface area (Å²) in [7, 11) is 0. The Morgan fingerprint density at radius 3 is 2.21 bits per heavy atom. The van der Waals surface area contributed by atoms with Crippen molar-refractivity contribution in [3.05, 3.63) is 11.9 Å². The first-order valence-electron chi connectivity index (χ1n) is 13.4. The molecular formula is C26H47N6O6+. The molecule has 0 spiro atoms. The zero-order chi connectivity index (χ0) is 28.2. The molecule has 2 heterocycles. The van der Waals surface area contributed by atoms with Crippen molar-refractivity contribution in [3.8, 4) is 0 Å². The number of hydrogen-bond donors (Lipinski definition) is 3. The third-order valence-corrected chi connectivity index (χ3v) is 6.15. The summed E-state index contributed by atoms with van der Waals surface area (Å²) in [6.07, 6.45) is 2.96.